The quantitative estimate of drug-likeness (QED) is 0.432. The predicted molar refractivity (Wildman–Crippen MR) is 115 cm³/mol. The fourth-order valence-corrected chi connectivity index (χ4v) is 5.47. The highest BCUT2D eigenvalue weighted by Gasteiger charge is 2.24. The van der Waals surface area contributed by atoms with E-state index in [2.05, 4.69) is 10.1 Å². The summed E-state index contributed by atoms with van der Waals surface area (Å²) in [6.07, 6.45) is 0. The average molecular weight is 465 g/mol. The molecule has 0 N–H and O–H groups in total. The van der Waals surface area contributed by atoms with E-state index in [9.17, 15) is 13.2 Å². The minimum Gasteiger partial charge on any atom is -0.338 e. The number of sulfonamides is 1. The number of fused-ring (bicyclic) bond motifs is 1. The number of halogens is 1. The topological polar surface area (TPSA) is 98.3 Å². The molecule has 30 heavy (non-hydrogen) atoms. The normalized spacial score (nSPS) is 12.1. The second kappa shape index (κ2) is 7.95. The van der Waals surface area contributed by atoms with E-state index in [1.807, 2.05) is 6.92 Å². The van der Waals surface area contributed by atoms with E-state index < -0.39 is 10.0 Å². The van der Waals surface area contributed by atoms with Crippen LogP contribution in [0.1, 0.15) is 12.8 Å². The zero-order valence-electron chi connectivity index (χ0n) is 16.1. The Morgan fingerprint density at radius 1 is 1.23 bits per heavy atom. The van der Waals surface area contributed by atoms with Crippen LogP contribution in [0.3, 0.4) is 0 Å². The lowest BCUT2D eigenvalue weighted by Gasteiger charge is -2.15. The zero-order chi connectivity index (χ0) is 21.5. The molecule has 0 aliphatic rings. The van der Waals surface area contributed by atoms with Crippen molar-refractivity contribution < 1.29 is 12.9 Å². The first-order valence-corrected chi connectivity index (χ1v) is 11.6. The van der Waals surface area contributed by atoms with Crippen LogP contribution >= 0.6 is 22.9 Å². The van der Waals surface area contributed by atoms with Gasteiger partial charge in [-0.25, -0.2) is 8.42 Å². The van der Waals surface area contributed by atoms with E-state index in [1.54, 1.807) is 34.9 Å². The van der Waals surface area contributed by atoms with Crippen LogP contribution in [0, 0.1) is 0 Å². The smallest absolute Gasteiger partial charge is 0.308 e. The Labute approximate surface area is 181 Å². The summed E-state index contributed by atoms with van der Waals surface area (Å²) in [6, 6.07) is 11.7. The molecule has 11 heteroatoms. The van der Waals surface area contributed by atoms with Crippen LogP contribution < -0.4 is 4.87 Å². The van der Waals surface area contributed by atoms with Gasteiger partial charge in [0.15, 0.2) is 0 Å². The van der Waals surface area contributed by atoms with Gasteiger partial charge in [0.05, 0.1) is 26.7 Å². The Balaban J connectivity index is 1.60. The van der Waals surface area contributed by atoms with Gasteiger partial charge in [-0.15, -0.1) is 0 Å². The third kappa shape index (κ3) is 3.67. The van der Waals surface area contributed by atoms with Gasteiger partial charge in [-0.3, -0.25) is 9.36 Å². The maximum atomic E-state index is 13.0. The second-order valence-electron chi connectivity index (χ2n) is 6.49. The Kier molecular flexibility index (Phi) is 5.49. The van der Waals surface area contributed by atoms with E-state index in [0.29, 0.717) is 21.8 Å². The van der Waals surface area contributed by atoms with E-state index in [4.69, 9.17) is 16.1 Å². The maximum absolute atomic E-state index is 13.0. The van der Waals surface area contributed by atoms with Crippen LogP contribution in [0.4, 0.5) is 0 Å². The fourth-order valence-electron chi connectivity index (χ4n) is 3.03. The largest absolute Gasteiger partial charge is 0.338 e. The summed E-state index contributed by atoms with van der Waals surface area (Å²) in [5.74, 6) is 0.423. The van der Waals surface area contributed by atoms with Gasteiger partial charge < -0.3 is 4.52 Å². The van der Waals surface area contributed by atoms with Gasteiger partial charge in [-0.1, -0.05) is 40.2 Å². The highest BCUT2D eigenvalue weighted by molar-refractivity contribution is 7.89. The fraction of sp³-hybridized carbons (Fsp3) is 0.211. The van der Waals surface area contributed by atoms with Gasteiger partial charge in [0.1, 0.15) is 0 Å². The van der Waals surface area contributed by atoms with Crippen LogP contribution in [-0.2, 0) is 23.1 Å². The summed E-state index contributed by atoms with van der Waals surface area (Å²) in [5, 5.41) is 4.36. The Bertz CT molecular complexity index is 1390. The summed E-state index contributed by atoms with van der Waals surface area (Å²) in [7, 11) is -2.40. The van der Waals surface area contributed by atoms with Crippen molar-refractivity contribution in [3.63, 3.8) is 0 Å². The molecule has 0 saturated carbocycles. The molecule has 2 heterocycles. The van der Waals surface area contributed by atoms with Crippen LogP contribution in [-0.4, -0.2) is 34.5 Å². The van der Waals surface area contributed by atoms with Crippen LogP contribution in [0.15, 0.2) is 56.7 Å². The van der Waals surface area contributed by atoms with Gasteiger partial charge in [0.25, 0.3) is 0 Å². The highest BCUT2D eigenvalue weighted by Crippen LogP contribution is 2.26. The number of benzene rings is 2. The average Bonchev–Trinajstić information content (AvgIpc) is 3.30. The lowest BCUT2D eigenvalue weighted by molar-refractivity contribution is 0.337. The Hall–Kier alpha value is -2.53. The maximum Gasteiger partial charge on any atom is 0.308 e. The molecule has 2 aromatic heterocycles. The molecule has 0 spiro atoms. The number of hydrogen-bond donors (Lipinski definition) is 0. The standard InChI is InChI=1S/C19H17ClN4O4S2/c1-3-24-15-9-8-12(10-16(15)29-19(24)25)30(26,27)23(2)11-17-21-18(22-28-17)13-6-4-5-7-14(13)20/h4-10H,3,11H2,1-2H3. The number of nitrogens with zero attached hydrogens (tertiary/aromatic N) is 4. The lowest BCUT2D eigenvalue weighted by atomic mass is 10.2. The Morgan fingerprint density at radius 2 is 2.00 bits per heavy atom. The van der Waals surface area contributed by atoms with E-state index in [-0.39, 0.29) is 28.0 Å². The van der Waals surface area contributed by atoms with Crippen LogP contribution in [0.2, 0.25) is 5.02 Å². The molecular weight excluding hydrogens is 448 g/mol. The molecule has 0 fully saturated rings. The van der Waals surface area contributed by atoms with Crippen molar-refractivity contribution in [2.75, 3.05) is 7.05 Å². The second-order valence-corrected chi connectivity index (χ2v) is 9.94. The molecule has 4 aromatic rings. The van der Waals surface area contributed by atoms with Crippen molar-refractivity contribution in [2.45, 2.75) is 24.9 Å². The summed E-state index contributed by atoms with van der Waals surface area (Å²) in [4.78, 5) is 16.3. The van der Waals surface area contributed by atoms with Crippen molar-refractivity contribution in [2.24, 2.45) is 0 Å². The summed E-state index contributed by atoms with van der Waals surface area (Å²) in [6.45, 7) is 2.28. The van der Waals surface area contributed by atoms with Gasteiger partial charge >= 0.3 is 4.87 Å². The molecule has 0 unspecified atom stereocenters. The first-order chi connectivity index (χ1) is 14.3. The lowest BCUT2D eigenvalue weighted by Crippen LogP contribution is -2.26. The number of thiazole rings is 1. The molecule has 0 bridgehead atoms. The monoisotopic (exact) mass is 464 g/mol. The minimum atomic E-state index is -3.83. The van der Waals surface area contributed by atoms with Crippen molar-refractivity contribution in [3.8, 4) is 11.4 Å². The Morgan fingerprint density at radius 3 is 2.73 bits per heavy atom. The third-order valence-corrected chi connectivity index (χ3v) is 7.68. The van der Waals surface area contributed by atoms with Gasteiger partial charge in [0.2, 0.25) is 21.7 Å². The summed E-state index contributed by atoms with van der Waals surface area (Å²) < 4.78 is 34.6. The molecule has 0 amide bonds. The number of hydrogen-bond acceptors (Lipinski definition) is 7. The molecule has 8 nitrogen and oxygen atoms in total. The molecule has 0 atom stereocenters. The van der Waals surface area contributed by atoms with Crippen molar-refractivity contribution in [3.05, 3.63) is 63.0 Å². The van der Waals surface area contributed by atoms with E-state index >= 15 is 0 Å². The molecular formula is C19H17ClN4O4S2. The van der Waals surface area contributed by atoms with Gasteiger partial charge in [0, 0.05) is 19.2 Å². The van der Waals surface area contributed by atoms with Gasteiger partial charge in [-0.2, -0.15) is 9.29 Å². The van der Waals surface area contributed by atoms with E-state index in [1.165, 1.54) is 19.2 Å². The SMILES string of the molecule is CCn1c(=O)sc2cc(S(=O)(=O)N(C)Cc3nc(-c4ccccc4Cl)no3)ccc21. The first kappa shape index (κ1) is 20.7. The molecule has 2 aromatic carbocycles. The summed E-state index contributed by atoms with van der Waals surface area (Å²) in [5.41, 5.74) is 1.32. The van der Waals surface area contributed by atoms with Crippen molar-refractivity contribution in [1.29, 1.82) is 0 Å². The van der Waals surface area contributed by atoms with Crippen molar-refractivity contribution >= 4 is 43.2 Å². The minimum absolute atomic E-state index is 0.0906. The van der Waals surface area contributed by atoms with Crippen molar-refractivity contribution in [1.82, 2.24) is 19.0 Å². The molecule has 0 aliphatic heterocycles. The molecule has 4 rings (SSSR count). The van der Waals surface area contributed by atoms with Crippen LogP contribution in [0.5, 0.6) is 0 Å². The highest BCUT2D eigenvalue weighted by atomic mass is 35.5. The molecule has 156 valence electrons. The molecule has 0 aliphatic carbocycles. The van der Waals surface area contributed by atoms with Crippen LogP contribution in [0.25, 0.3) is 21.6 Å². The third-order valence-electron chi connectivity index (χ3n) is 4.60. The summed E-state index contributed by atoms with van der Waals surface area (Å²) >= 11 is 7.17. The van der Waals surface area contributed by atoms with Gasteiger partial charge in [-0.05, 0) is 37.3 Å². The first-order valence-electron chi connectivity index (χ1n) is 8.98. The number of rotatable bonds is 6. The molecule has 0 saturated heterocycles. The number of aryl methyl sites for hydroxylation is 1. The van der Waals surface area contributed by atoms with E-state index in [0.717, 1.165) is 21.2 Å². The molecule has 0 radical (unpaired) electrons. The zero-order valence-corrected chi connectivity index (χ0v) is 18.5. The predicted octanol–water partition coefficient (Wildman–Crippen LogP) is 3.61. The number of aromatic nitrogens is 3.